The zero-order chi connectivity index (χ0) is 13.0. The molecule has 5 heteroatoms. The van der Waals surface area contributed by atoms with Gasteiger partial charge in [0.05, 0.1) is 12.6 Å². The normalized spacial score (nSPS) is 18.8. The molecule has 0 aliphatic carbocycles. The van der Waals surface area contributed by atoms with Crippen molar-refractivity contribution in [1.82, 2.24) is 5.32 Å². The molecule has 5 nitrogen and oxygen atoms in total. The minimum Gasteiger partial charge on any atom is -0.494 e. The lowest BCUT2D eigenvalue weighted by Crippen LogP contribution is -2.27. The SMILES string of the molecule is CCOc1ccccc1C1C=NC(N)=CC(=O)N1. The number of aliphatic imine (C=N–C) groups is 1. The number of rotatable bonds is 3. The molecule has 1 aliphatic heterocycles. The van der Waals surface area contributed by atoms with Crippen molar-refractivity contribution >= 4 is 12.1 Å². The maximum atomic E-state index is 11.6. The monoisotopic (exact) mass is 245 g/mol. The number of carbonyl (C=O) groups is 1. The second-order valence-electron chi connectivity index (χ2n) is 3.80. The summed E-state index contributed by atoms with van der Waals surface area (Å²) in [5.74, 6) is 0.669. The molecular weight excluding hydrogens is 230 g/mol. The Hall–Kier alpha value is -2.30. The van der Waals surface area contributed by atoms with Crippen LogP contribution in [0.25, 0.3) is 0 Å². The highest BCUT2D eigenvalue weighted by Gasteiger charge is 2.17. The summed E-state index contributed by atoms with van der Waals surface area (Å²) in [6.45, 7) is 2.48. The van der Waals surface area contributed by atoms with Gasteiger partial charge in [0.15, 0.2) is 0 Å². The van der Waals surface area contributed by atoms with Crippen LogP contribution in [0.2, 0.25) is 0 Å². The number of hydrogen-bond acceptors (Lipinski definition) is 4. The predicted octanol–water partition coefficient (Wildman–Crippen LogP) is 1.13. The molecular formula is C13H15N3O2. The molecule has 1 aromatic carbocycles. The number of hydrogen-bond donors (Lipinski definition) is 2. The van der Waals surface area contributed by atoms with Crippen LogP contribution in [-0.2, 0) is 4.79 Å². The van der Waals surface area contributed by atoms with Gasteiger partial charge in [0.2, 0.25) is 5.91 Å². The summed E-state index contributed by atoms with van der Waals surface area (Å²) < 4.78 is 5.53. The van der Waals surface area contributed by atoms with Crippen LogP contribution in [0.3, 0.4) is 0 Å². The molecule has 94 valence electrons. The highest BCUT2D eigenvalue weighted by Crippen LogP contribution is 2.24. The largest absolute Gasteiger partial charge is 0.494 e. The molecule has 1 heterocycles. The van der Waals surface area contributed by atoms with Crippen molar-refractivity contribution in [2.45, 2.75) is 13.0 Å². The summed E-state index contributed by atoms with van der Waals surface area (Å²) in [7, 11) is 0. The van der Waals surface area contributed by atoms with Crippen LogP contribution < -0.4 is 15.8 Å². The van der Waals surface area contributed by atoms with Gasteiger partial charge in [0, 0.05) is 17.9 Å². The van der Waals surface area contributed by atoms with E-state index in [2.05, 4.69) is 10.3 Å². The molecule has 0 fully saturated rings. The van der Waals surface area contributed by atoms with E-state index in [1.165, 1.54) is 6.08 Å². The van der Waals surface area contributed by atoms with Gasteiger partial charge in [0.25, 0.3) is 0 Å². The fraction of sp³-hybridized carbons (Fsp3) is 0.231. The molecule has 2 rings (SSSR count). The quantitative estimate of drug-likeness (QED) is 0.838. The van der Waals surface area contributed by atoms with Gasteiger partial charge < -0.3 is 15.8 Å². The number of amides is 1. The van der Waals surface area contributed by atoms with Crippen molar-refractivity contribution < 1.29 is 9.53 Å². The molecule has 0 bridgehead atoms. The average molecular weight is 245 g/mol. The zero-order valence-electron chi connectivity index (χ0n) is 10.1. The number of nitrogens with zero attached hydrogens (tertiary/aromatic N) is 1. The van der Waals surface area contributed by atoms with E-state index in [-0.39, 0.29) is 17.8 Å². The Kier molecular flexibility index (Phi) is 3.62. The summed E-state index contributed by atoms with van der Waals surface area (Å²) in [6, 6.07) is 7.19. The first-order valence-electron chi connectivity index (χ1n) is 5.74. The van der Waals surface area contributed by atoms with Crippen molar-refractivity contribution in [2.24, 2.45) is 10.7 Å². The minimum absolute atomic E-state index is 0.198. The van der Waals surface area contributed by atoms with Crippen molar-refractivity contribution in [3.8, 4) is 5.75 Å². The van der Waals surface area contributed by atoms with E-state index in [1.54, 1.807) is 6.21 Å². The molecule has 3 N–H and O–H groups in total. The lowest BCUT2D eigenvalue weighted by Gasteiger charge is -2.16. The average Bonchev–Trinajstić information content (AvgIpc) is 2.51. The van der Waals surface area contributed by atoms with Crippen molar-refractivity contribution in [3.05, 3.63) is 41.7 Å². The van der Waals surface area contributed by atoms with Crippen LogP contribution in [-0.4, -0.2) is 18.7 Å². The topological polar surface area (TPSA) is 76.7 Å². The third-order valence-electron chi connectivity index (χ3n) is 2.50. The maximum Gasteiger partial charge on any atom is 0.248 e. The maximum absolute atomic E-state index is 11.6. The summed E-state index contributed by atoms with van der Waals surface area (Å²) >= 11 is 0. The van der Waals surface area contributed by atoms with Gasteiger partial charge >= 0.3 is 0 Å². The van der Waals surface area contributed by atoms with Gasteiger partial charge in [-0.1, -0.05) is 18.2 Å². The highest BCUT2D eigenvalue weighted by atomic mass is 16.5. The Morgan fingerprint density at radius 2 is 2.22 bits per heavy atom. The van der Waals surface area contributed by atoms with Crippen molar-refractivity contribution in [1.29, 1.82) is 0 Å². The first kappa shape index (κ1) is 12.2. The van der Waals surface area contributed by atoms with Gasteiger partial charge in [0.1, 0.15) is 11.6 Å². The fourth-order valence-corrected chi connectivity index (χ4v) is 1.75. The Balaban J connectivity index is 2.31. The van der Waals surface area contributed by atoms with Gasteiger partial charge in [-0.15, -0.1) is 0 Å². The fourth-order valence-electron chi connectivity index (χ4n) is 1.75. The molecule has 1 aromatic rings. The molecule has 0 spiro atoms. The highest BCUT2D eigenvalue weighted by molar-refractivity contribution is 5.92. The van der Waals surface area contributed by atoms with Crippen molar-refractivity contribution in [2.75, 3.05) is 6.61 Å². The number of carbonyl (C=O) groups excluding carboxylic acids is 1. The second kappa shape index (κ2) is 5.35. The number of para-hydroxylation sites is 1. The van der Waals surface area contributed by atoms with E-state index in [0.717, 1.165) is 11.3 Å². The van der Waals surface area contributed by atoms with Crippen molar-refractivity contribution in [3.63, 3.8) is 0 Å². The molecule has 1 aliphatic rings. The van der Waals surface area contributed by atoms with E-state index >= 15 is 0 Å². The molecule has 1 atom stereocenters. The molecule has 0 radical (unpaired) electrons. The third kappa shape index (κ3) is 2.68. The molecule has 1 amide bonds. The Bertz CT molecular complexity index is 509. The number of benzene rings is 1. The Labute approximate surface area is 105 Å². The summed E-state index contributed by atoms with van der Waals surface area (Å²) in [5.41, 5.74) is 6.39. The van der Waals surface area contributed by atoms with Crippen LogP contribution in [0, 0.1) is 0 Å². The smallest absolute Gasteiger partial charge is 0.248 e. The van der Waals surface area contributed by atoms with E-state index in [0.29, 0.717) is 6.61 Å². The molecule has 0 saturated heterocycles. The summed E-state index contributed by atoms with van der Waals surface area (Å²) in [5, 5.41) is 2.80. The third-order valence-corrected chi connectivity index (χ3v) is 2.50. The summed E-state index contributed by atoms with van der Waals surface area (Å²) in [4.78, 5) is 15.6. The number of nitrogens with two attached hydrogens (primary N) is 1. The number of ether oxygens (including phenoxy) is 1. The van der Waals surface area contributed by atoms with Crippen LogP contribution in [0.5, 0.6) is 5.75 Å². The lowest BCUT2D eigenvalue weighted by atomic mass is 10.1. The van der Waals surface area contributed by atoms with E-state index in [1.807, 2.05) is 31.2 Å². The first-order valence-corrected chi connectivity index (χ1v) is 5.74. The Morgan fingerprint density at radius 3 is 3.00 bits per heavy atom. The van der Waals surface area contributed by atoms with Gasteiger partial charge in [-0.25, -0.2) is 4.99 Å². The second-order valence-corrected chi connectivity index (χ2v) is 3.80. The van der Waals surface area contributed by atoms with Crippen LogP contribution >= 0.6 is 0 Å². The van der Waals surface area contributed by atoms with Crippen LogP contribution in [0.4, 0.5) is 0 Å². The van der Waals surface area contributed by atoms with Gasteiger partial charge in [-0.05, 0) is 13.0 Å². The zero-order valence-corrected chi connectivity index (χ0v) is 10.1. The predicted molar refractivity (Wildman–Crippen MR) is 69.3 cm³/mol. The molecule has 18 heavy (non-hydrogen) atoms. The van der Waals surface area contributed by atoms with Crippen LogP contribution in [0.15, 0.2) is 41.2 Å². The molecule has 1 unspecified atom stereocenters. The van der Waals surface area contributed by atoms with E-state index in [9.17, 15) is 4.79 Å². The van der Waals surface area contributed by atoms with E-state index < -0.39 is 0 Å². The molecule has 0 aromatic heterocycles. The standard InChI is InChI=1S/C13H15N3O2/c1-2-18-11-6-4-3-5-9(11)10-8-15-12(14)7-13(17)16-10/h3-8,10H,2,14H2,1H3,(H,16,17). The Morgan fingerprint density at radius 1 is 1.44 bits per heavy atom. The molecule has 0 saturated carbocycles. The first-order chi connectivity index (χ1) is 8.70. The minimum atomic E-state index is -0.336. The van der Waals surface area contributed by atoms with Gasteiger partial charge in [-0.2, -0.15) is 0 Å². The van der Waals surface area contributed by atoms with E-state index in [4.69, 9.17) is 10.5 Å². The van der Waals surface area contributed by atoms with Crippen LogP contribution in [0.1, 0.15) is 18.5 Å². The van der Waals surface area contributed by atoms with Gasteiger partial charge in [-0.3, -0.25) is 4.79 Å². The number of nitrogens with one attached hydrogen (secondary N) is 1. The lowest BCUT2D eigenvalue weighted by molar-refractivity contribution is -0.116. The summed E-state index contributed by atoms with van der Waals surface area (Å²) in [6.07, 6.45) is 2.87.